The zero-order valence-corrected chi connectivity index (χ0v) is 19.0. The summed E-state index contributed by atoms with van der Waals surface area (Å²) < 4.78 is 20.6. The Kier molecular flexibility index (Phi) is 7.55. The Bertz CT molecular complexity index is 1010. The summed E-state index contributed by atoms with van der Waals surface area (Å²) >= 11 is 0. The van der Waals surface area contributed by atoms with Gasteiger partial charge in [0.2, 0.25) is 0 Å². The molecule has 0 N–H and O–H groups in total. The van der Waals surface area contributed by atoms with Crippen LogP contribution in [0.2, 0.25) is 0 Å². The van der Waals surface area contributed by atoms with E-state index in [0.29, 0.717) is 24.0 Å². The molecule has 1 saturated carbocycles. The molecule has 0 atom stereocenters. The van der Waals surface area contributed by atoms with Crippen LogP contribution in [0.4, 0.5) is 4.39 Å². The number of rotatable bonds is 8. The van der Waals surface area contributed by atoms with Gasteiger partial charge in [-0.3, -0.25) is 0 Å². The first-order valence-electron chi connectivity index (χ1n) is 11.9. The van der Waals surface area contributed by atoms with E-state index in [1.807, 2.05) is 18.2 Å². The third-order valence-electron chi connectivity index (χ3n) is 6.67. The predicted molar refractivity (Wildman–Crippen MR) is 132 cm³/mol. The first-order valence-corrected chi connectivity index (χ1v) is 11.9. The number of hydrogen-bond donors (Lipinski definition) is 0. The molecule has 1 aliphatic rings. The molecule has 3 aromatic rings. The molecule has 4 rings (SSSR count). The van der Waals surface area contributed by atoms with Crippen molar-refractivity contribution < 1.29 is 9.13 Å². The predicted octanol–water partition coefficient (Wildman–Crippen LogP) is 8.55. The van der Waals surface area contributed by atoms with Gasteiger partial charge in [0.25, 0.3) is 0 Å². The van der Waals surface area contributed by atoms with E-state index in [1.165, 1.54) is 5.56 Å². The maximum absolute atomic E-state index is 15.0. The summed E-state index contributed by atoms with van der Waals surface area (Å²) in [5.74, 6) is 0.962. The van der Waals surface area contributed by atoms with Gasteiger partial charge in [0.05, 0.1) is 6.61 Å². The van der Waals surface area contributed by atoms with Crippen molar-refractivity contribution in [1.82, 2.24) is 0 Å². The van der Waals surface area contributed by atoms with E-state index in [1.54, 1.807) is 6.07 Å². The lowest BCUT2D eigenvalue weighted by Crippen LogP contribution is -2.11. The van der Waals surface area contributed by atoms with Crippen LogP contribution in [-0.2, 0) is 11.3 Å². The lowest BCUT2D eigenvalue weighted by atomic mass is 9.78. The van der Waals surface area contributed by atoms with Gasteiger partial charge in [0, 0.05) is 12.2 Å². The summed E-state index contributed by atoms with van der Waals surface area (Å²) in [6.45, 7) is 7.47. The van der Waals surface area contributed by atoms with Crippen molar-refractivity contribution in [2.45, 2.75) is 51.6 Å². The summed E-state index contributed by atoms with van der Waals surface area (Å²) in [6.07, 6.45) is 7.66. The molecule has 2 heteroatoms. The molecule has 0 spiro atoms. The van der Waals surface area contributed by atoms with Crippen molar-refractivity contribution >= 4 is 0 Å². The lowest BCUT2D eigenvalue weighted by molar-refractivity contribution is 0.121. The highest BCUT2D eigenvalue weighted by Gasteiger charge is 2.21. The zero-order chi connectivity index (χ0) is 22.3. The first-order chi connectivity index (χ1) is 15.7. The van der Waals surface area contributed by atoms with Crippen molar-refractivity contribution in [3.8, 4) is 22.3 Å². The average molecular weight is 429 g/mol. The highest BCUT2D eigenvalue weighted by molar-refractivity contribution is 5.71. The lowest BCUT2D eigenvalue weighted by Gasteiger charge is -2.27. The second-order valence-corrected chi connectivity index (χ2v) is 8.91. The van der Waals surface area contributed by atoms with Crippen LogP contribution in [-0.4, -0.2) is 6.61 Å². The minimum Gasteiger partial charge on any atom is -0.377 e. The Morgan fingerprint density at radius 1 is 0.875 bits per heavy atom. The van der Waals surface area contributed by atoms with E-state index in [-0.39, 0.29) is 5.82 Å². The smallest absolute Gasteiger partial charge is 0.131 e. The van der Waals surface area contributed by atoms with E-state index in [9.17, 15) is 0 Å². The summed E-state index contributed by atoms with van der Waals surface area (Å²) in [5, 5.41) is 0. The van der Waals surface area contributed by atoms with E-state index in [0.717, 1.165) is 61.0 Å². The molecule has 0 saturated heterocycles. The fourth-order valence-corrected chi connectivity index (χ4v) is 4.68. The van der Waals surface area contributed by atoms with Crippen LogP contribution in [0.5, 0.6) is 0 Å². The second kappa shape index (κ2) is 10.7. The Morgan fingerprint density at radius 2 is 1.50 bits per heavy atom. The maximum Gasteiger partial charge on any atom is 0.131 e. The van der Waals surface area contributed by atoms with Crippen molar-refractivity contribution in [3.63, 3.8) is 0 Å². The normalized spacial score (nSPS) is 18.4. The Hall–Kier alpha value is -2.71. The van der Waals surface area contributed by atoms with Gasteiger partial charge in [-0.25, -0.2) is 4.39 Å². The van der Waals surface area contributed by atoms with Crippen molar-refractivity contribution in [1.29, 1.82) is 0 Å². The number of benzene rings is 3. The molecule has 0 aliphatic heterocycles. The Morgan fingerprint density at radius 3 is 2.09 bits per heavy atom. The second-order valence-electron chi connectivity index (χ2n) is 8.91. The van der Waals surface area contributed by atoms with E-state index in [4.69, 9.17) is 4.74 Å². The molecular weight excluding hydrogens is 395 g/mol. The Balaban J connectivity index is 1.44. The molecular formula is C30H33FO. The topological polar surface area (TPSA) is 9.23 Å². The van der Waals surface area contributed by atoms with Crippen LogP contribution in [0.1, 0.15) is 56.1 Å². The Labute approximate surface area is 192 Å². The highest BCUT2D eigenvalue weighted by Crippen LogP contribution is 2.37. The summed E-state index contributed by atoms with van der Waals surface area (Å²) in [4.78, 5) is 0. The van der Waals surface area contributed by atoms with Gasteiger partial charge < -0.3 is 4.74 Å². The number of halogens is 1. The number of ether oxygens (including phenoxy) is 1. The fourth-order valence-electron chi connectivity index (χ4n) is 4.68. The summed E-state index contributed by atoms with van der Waals surface area (Å²) in [6, 6.07) is 22.5. The third-order valence-corrected chi connectivity index (χ3v) is 6.67. The van der Waals surface area contributed by atoms with E-state index >= 15 is 4.39 Å². The maximum atomic E-state index is 15.0. The summed E-state index contributed by atoms with van der Waals surface area (Å²) in [7, 11) is 0. The first kappa shape index (κ1) is 22.5. The quantitative estimate of drug-likeness (QED) is 0.258. The van der Waals surface area contributed by atoms with Gasteiger partial charge in [0.1, 0.15) is 5.82 Å². The monoisotopic (exact) mass is 428 g/mol. The molecule has 0 aromatic heterocycles. The average Bonchev–Trinajstić information content (AvgIpc) is 2.85. The number of allylic oxidation sites excluding steroid dienone is 1. The molecule has 0 unspecified atom stereocenters. The molecule has 1 fully saturated rings. The van der Waals surface area contributed by atoms with E-state index in [2.05, 4.69) is 62.0 Å². The molecule has 32 heavy (non-hydrogen) atoms. The molecule has 1 aliphatic carbocycles. The van der Waals surface area contributed by atoms with Gasteiger partial charge in [-0.05, 0) is 77.8 Å². The third kappa shape index (κ3) is 5.37. The van der Waals surface area contributed by atoms with Crippen LogP contribution in [0.3, 0.4) is 0 Å². The van der Waals surface area contributed by atoms with Crippen LogP contribution in [0.15, 0.2) is 79.4 Å². The largest absolute Gasteiger partial charge is 0.377 e. The molecule has 3 aromatic carbocycles. The van der Waals surface area contributed by atoms with Crippen LogP contribution >= 0.6 is 0 Å². The van der Waals surface area contributed by atoms with Gasteiger partial charge >= 0.3 is 0 Å². The molecule has 166 valence electrons. The van der Waals surface area contributed by atoms with Gasteiger partial charge in [-0.1, -0.05) is 73.7 Å². The van der Waals surface area contributed by atoms with E-state index < -0.39 is 0 Å². The number of hydrogen-bond acceptors (Lipinski definition) is 1. The van der Waals surface area contributed by atoms with Crippen LogP contribution in [0, 0.1) is 11.7 Å². The standard InChI is InChI=1S/C30H33FO/c1-3-19-32-21-23-7-11-24(12-8-23)25-13-15-27(16-14-25)29-18-17-28(20-30(29)31)26-9-5-22(4-2)6-10-26/h4,7-8,11-18,20,22,26H,2-3,5-6,9-10,19,21H2,1H3/t22-,26-. The van der Waals surface area contributed by atoms with Crippen molar-refractivity contribution in [3.05, 3.63) is 96.3 Å². The SMILES string of the molecule is C=C[C@H]1CC[C@H](c2ccc(-c3ccc(-c4ccc(COCCC)cc4)cc3)c(F)c2)CC1. The highest BCUT2D eigenvalue weighted by atomic mass is 19.1. The van der Waals surface area contributed by atoms with Crippen LogP contribution < -0.4 is 0 Å². The molecule has 0 bridgehead atoms. The molecule has 1 nitrogen and oxygen atoms in total. The van der Waals surface area contributed by atoms with Crippen LogP contribution in [0.25, 0.3) is 22.3 Å². The van der Waals surface area contributed by atoms with Gasteiger partial charge in [-0.15, -0.1) is 6.58 Å². The van der Waals surface area contributed by atoms with Gasteiger partial charge in [-0.2, -0.15) is 0 Å². The zero-order valence-electron chi connectivity index (χ0n) is 19.0. The van der Waals surface area contributed by atoms with Gasteiger partial charge in [0.15, 0.2) is 0 Å². The molecule has 0 amide bonds. The summed E-state index contributed by atoms with van der Waals surface area (Å²) in [5.41, 5.74) is 6.18. The minimum absolute atomic E-state index is 0.127. The fraction of sp³-hybridized carbons (Fsp3) is 0.333. The van der Waals surface area contributed by atoms with Crippen molar-refractivity contribution in [2.24, 2.45) is 5.92 Å². The van der Waals surface area contributed by atoms with Crippen molar-refractivity contribution in [2.75, 3.05) is 6.61 Å². The molecule has 0 radical (unpaired) electrons. The minimum atomic E-state index is -0.127. The molecule has 0 heterocycles.